The fourth-order valence-electron chi connectivity index (χ4n) is 1.51. The zero-order valence-corrected chi connectivity index (χ0v) is 10.5. The van der Waals surface area contributed by atoms with Gasteiger partial charge in [0.05, 0.1) is 17.2 Å². The van der Waals surface area contributed by atoms with Crippen molar-refractivity contribution in [3.63, 3.8) is 0 Å². The summed E-state index contributed by atoms with van der Waals surface area (Å²) in [6.45, 7) is 2.14. The number of nitrogens with one attached hydrogen (secondary N) is 1. The highest BCUT2D eigenvalue weighted by Crippen LogP contribution is 2.25. The molecule has 0 spiro atoms. The highest BCUT2D eigenvalue weighted by Gasteiger charge is 2.15. The minimum absolute atomic E-state index is 0.121. The van der Waals surface area contributed by atoms with Gasteiger partial charge in [0.1, 0.15) is 17.1 Å². The summed E-state index contributed by atoms with van der Waals surface area (Å²) >= 11 is 1.50. The van der Waals surface area contributed by atoms with Crippen LogP contribution in [0.1, 0.15) is 21.1 Å². The standard InChI is InChI=1S/C12H12N2O3S/c1-7-14-8(6-18-7)5-13-12(17)11-9(15)3-2-4-10(11)16/h2-4,6,15-16H,5H2,1H3,(H,13,17). The number of hydrogen-bond acceptors (Lipinski definition) is 5. The Morgan fingerprint density at radius 1 is 1.39 bits per heavy atom. The van der Waals surface area contributed by atoms with E-state index in [0.717, 1.165) is 10.7 Å². The second-order valence-corrected chi connectivity index (χ2v) is 4.77. The Kier molecular flexibility index (Phi) is 3.47. The van der Waals surface area contributed by atoms with E-state index in [1.807, 2.05) is 12.3 Å². The third-order valence-corrected chi connectivity index (χ3v) is 3.17. The van der Waals surface area contributed by atoms with Crippen LogP contribution in [0.3, 0.4) is 0 Å². The van der Waals surface area contributed by atoms with Gasteiger partial charge in [-0.05, 0) is 19.1 Å². The molecule has 1 aromatic heterocycles. The summed E-state index contributed by atoms with van der Waals surface area (Å²) in [7, 11) is 0. The molecule has 5 nitrogen and oxygen atoms in total. The first-order valence-corrected chi connectivity index (χ1v) is 6.16. The van der Waals surface area contributed by atoms with Crippen LogP contribution in [-0.4, -0.2) is 21.1 Å². The largest absolute Gasteiger partial charge is 0.507 e. The lowest BCUT2D eigenvalue weighted by atomic mass is 10.1. The van der Waals surface area contributed by atoms with Gasteiger partial charge in [-0.2, -0.15) is 0 Å². The van der Waals surface area contributed by atoms with Gasteiger partial charge in [0.25, 0.3) is 5.91 Å². The number of thiazole rings is 1. The number of amides is 1. The maximum Gasteiger partial charge on any atom is 0.259 e. The highest BCUT2D eigenvalue weighted by molar-refractivity contribution is 7.09. The molecule has 6 heteroatoms. The van der Waals surface area contributed by atoms with E-state index in [0.29, 0.717) is 0 Å². The molecule has 2 rings (SSSR count). The van der Waals surface area contributed by atoms with Crippen LogP contribution < -0.4 is 5.32 Å². The molecule has 0 unspecified atom stereocenters. The predicted octanol–water partition coefficient (Wildman–Crippen LogP) is 1.79. The number of rotatable bonds is 3. The van der Waals surface area contributed by atoms with E-state index in [-0.39, 0.29) is 23.6 Å². The van der Waals surface area contributed by atoms with Crippen molar-refractivity contribution in [2.75, 3.05) is 0 Å². The summed E-state index contributed by atoms with van der Waals surface area (Å²) in [5.41, 5.74) is 0.630. The average Bonchev–Trinajstić information content (AvgIpc) is 2.72. The molecule has 1 amide bonds. The maximum absolute atomic E-state index is 11.8. The molecule has 0 aliphatic rings. The van der Waals surface area contributed by atoms with E-state index in [1.54, 1.807) is 0 Å². The number of carbonyl (C=O) groups excluding carboxylic acids is 1. The molecule has 0 bridgehead atoms. The van der Waals surface area contributed by atoms with Gasteiger partial charge >= 0.3 is 0 Å². The number of nitrogens with zero attached hydrogens (tertiary/aromatic N) is 1. The van der Waals surface area contributed by atoms with Gasteiger partial charge in [0, 0.05) is 5.38 Å². The molecular formula is C12H12N2O3S. The predicted molar refractivity (Wildman–Crippen MR) is 67.8 cm³/mol. The topological polar surface area (TPSA) is 82.5 Å². The molecule has 1 heterocycles. The molecule has 94 valence electrons. The molecule has 0 aliphatic carbocycles. The number of aryl methyl sites for hydroxylation is 1. The SMILES string of the molecule is Cc1nc(CNC(=O)c2c(O)cccc2O)cs1. The summed E-state index contributed by atoms with van der Waals surface area (Å²) in [5.74, 6) is -1.03. The van der Waals surface area contributed by atoms with Crippen molar-refractivity contribution < 1.29 is 15.0 Å². The Morgan fingerprint density at radius 2 is 2.06 bits per heavy atom. The Morgan fingerprint density at radius 3 is 2.61 bits per heavy atom. The van der Waals surface area contributed by atoms with Crippen LogP contribution in [0.5, 0.6) is 11.5 Å². The van der Waals surface area contributed by atoms with E-state index in [9.17, 15) is 15.0 Å². The normalized spacial score (nSPS) is 10.3. The molecule has 0 aliphatic heterocycles. The average molecular weight is 264 g/mol. The summed E-state index contributed by atoms with van der Waals surface area (Å²) in [6, 6.07) is 4.16. The number of phenols is 2. The second kappa shape index (κ2) is 5.05. The maximum atomic E-state index is 11.8. The lowest BCUT2D eigenvalue weighted by Crippen LogP contribution is -2.23. The van der Waals surface area contributed by atoms with Crippen LogP contribution >= 0.6 is 11.3 Å². The quantitative estimate of drug-likeness (QED) is 0.789. The molecule has 0 radical (unpaired) electrons. The van der Waals surface area contributed by atoms with Crippen molar-refractivity contribution in [2.45, 2.75) is 13.5 Å². The van der Waals surface area contributed by atoms with Crippen molar-refractivity contribution in [2.24, 2.45) is 0 Å². The van der Waals surface area contributed by atoms with Crippen molar-refractivity contribution >= 4 is 17.2 Å². The van der Waals surface area contributed by atoms with E-state index in [1.165, 1.54) is 29.5 Å². The molecule has 0 saturated heterocycles. The number of carbonyl (C=O) groups is 1. The number of benzene rings is 1. The summed E-state index contributed by atoms with van der Waals surface area (Å²) < 4.78 is 0. The fourth-order valence-corrected chi connectivity index (χ4v) is 2.12. The highest BCUT2D eigenvalue weighted by atomic mass is 32.1. The molecular weight excluding hydrogens is 252 g/mol. The van der Waals surface area contributed by atoms with Crippen molar-refractivity contribution in [1.29, 1.82) is 0 Å². The van der Waals surface area contributed by atoms with E-state index in [4.69, 9.17) is 0 Å². The van der Waals surface area contributed by atoms with Crippen molar-refractivity contribution in [3.05, 3.63) is 39.8 Å². The van der Waals surface area contributed by atoms with Crippen molar-refractivity contribution in [3.8, 4) is 11.5 Å². The molecule has 0 atom stereocenters. The Hall–Kier alpha value is -2.08. The van der Waals surface area contributed by atoms with Gasteiger partial charge in [0.2, 0.25) is 0 Å². The monoisotopic (exact) mass is 264 g/mol. The zero-order chi connectivity index (χ0) is 13.1. The molecule has 0 fully saturated rings. The molecule has 2 aromatic rings. The Labute approximate surface area is 108 Å². The van der Waals surface area contributed by atoms with E-state index < -0.39 is 5.91 Å². The van der Waals surface area contributed by atoms with Crippen molar-refractivity contribution in [1.82, 2.24) is 10.3 Å². The van der Waals surface area contributed by atoms with E-state index >= 15 is 0 Å². The van der Waals surface area contributed by atoms with Crippen LogP contribution in [0.25, 0.3) is 0 Å². The van der Waals surface area contributed by atoms with E-state index in [2.05, 4.69) is 10.3 Å². The molecule has 0 saturated carbocycles. The van der Waals surface area contributed by atoms with Gasteiger partial charge in [-0.25, -0.2) is 4.98 Å². The van der Waals surface area contributed by atoms with Crippen LogP contribution in [0.4, 0.5) is 0 Å². The smallest absolute Gasteiger partial charge is 0.259 e. The van der Waals surface area contributed by atoms with Crippen LogP contribution in [0.2, 0.25) is 0 Å². The van der Waals surface area contributed by atoms with Crippen LogP contribution in [0.15, 0.2) is 23.6 Å². The van der Waals surface area contributed by atoms with Crippen LogP contribution in [0, 0.1) is 6.92 Å². The number of phenolic OH excluding ortho intramolecular Hbond substituents is 2. The third-order valence-electron chi connectivity index (χ3n) is 2.34. The molecule has 18 heavy (non-hydrogen) atoms. The van der Waals surface area contributed by atoms with Gasteiger partial charge in [-0.3, -0.25) is 4.79 Å². The van der Waals surface area contributed by atoms with Crippen LogP contribution in [-0.2, 0) is 6.54 Å². The number of aromatic nitrogens is 1. The first-order valence-electron chi connectivity index (χ1n) is 5.28. The van der Waals surface area contributed by atoms with Gasteiger partial charge < -0.3 is 15.5 Å². The lowest BCUT2D eigenvalue weighted by Gasteiger charge is -2.07. The first kappa shape index (κ1) is 12.4. The molecule has 1 aromatic carbocycles. The van der Waals surface area contributed by atoms with Gasteiger partial charge in [-0.15, -0.1) is 11.3 Å². The summed E-state index contributed by atoms with van der Waals surface area (Å²) in [5, 5.41) is 24.4. The third kappa shape index (κ3) is 2.60. The number of hydrogen-bond donors (Lipinski definition) is 3. The number of aromatic hydroxyl groups is 2. The zero-order valence-electron chi connectivity index (χ0n) is 9.67. The molecule has 3 N–H and O–H groups in total. The minimum atomic E-state index is -0.531. The minimum Gasteiger partial charge on any atom is -0.507 e. The lowest BCUT2D eigenvalue weighted by molar-refractivity contribution is 0.0945. The van der Waals surface area contributed by atoms with Gasteiger partial charge in [0.15, 0.2) is 0 Å². The fraction of sp³-hybridized carbons (Fsp3) is 0.167. The Bertz CT molecular complexity index is 560. The summed E-state index contributed by atoms with van der Waals surface area (Å²) in [6.07, 6.45) is 0. The van der Waals surface area contributed by atoms with Gasteiger partial charge in [-0.1, -0.05) is 6.07 Å². The second-order valence-electron chi connectivity index (χ2n) is 3.71. The first-order chi connectivity index (χ1) is 8.58. The summed E-state index contributed by atoms with van der Waals surface area (Å²) in [4.78, 5) is 16.0. The Balaban J connectivity index is 2.08.